The van der Waals surface area contributed by atoms with Crippen LogP contribution in [0.3, 0.4) is 0 Å². The molecule has 7 nitrogen and oxygen atoms in total. The topological polar surface area (TPSA) is 83.3 Å². The first-order valence-corrected chi connectivity index (χ1v) is 10.3. The Bertz CT molecular complexity index is 816. The molecule has 0 aliphatic heterocycles. The van der Waals surface area contributed by atoms with Gasteiger partial charge in [-0.25, -0.2) is 0 Å². The molecule has 1 amide bonds. The van der Waals surface area contributed by atoms with Gasteiger partial charge in [-0.3, -0.25) is 14.5 Å². The molecule has 0 aliphatic rings. The number of aromatic nitrogens is 2. The van der Waals surface area contributed by atoms with Crippen molar-refractivity contribution in [2.45, 2.75) is 59.7 Å². The van der Waals surface area contributed by atoms with Gasteiger partial charge in [-0.15, -0.1) is 24.0 Å². The van der Waals surface area contributed by atoms with Gasteiger partial charge in [-0.05, 0) is 57.4 Å². The molecule has 0 aliphatic carbocycles. The maximum Gasteiger partial charge on any atom is 0.251 e. The van der Waals surface area contributed by atoms with E-state index in [4.69, 9.17) is 0 Å². The fourth-order valence-corrected chi connectivity index (χ4v) is 2.93. The molecule has 1 heterocycles. The SMILES string of the molecule is CCC(C)NC(=O)c1ccc(CNC(=NC)NCCCn2nc(C)cc2C)cc1.I. The molecule has 166 valence electrons. The van der Waals surface area contributed by atoms with Gasteiger partial charge in [-0.2, -0.15) is 5.10 Å². The Balaban J connectivity index is 0.00000450. The Morgan fingerprint density at radius 2 is 1.90 bits per heavy atom. The van der Waals surface area contributed by atoms with Crippen LogP contribution in [0, 0.1) is 13.8 Å². The number of rotatable bonds is 9. The summed E-state index contributed by atoms with van der Waals surface area (Å²) in [4.78, 5) is 16.4. The number of halogens is 1. The van der Waals surface area contributed by atoms with E-state index in [-0.39, 0.29) is 35.9 Å². The average molecular weight is 526 g/mol. The molecule has 0 saturated carbocycles. The van der Waals surface area contributed by atoms with Crippen LogP contribution in [0.15, 0.2) is 35.3 Å². The Kier molecular flexibility index (Phi) is 11.5. The van der Waals surface area contributed by atoms with Crippen LogP contribution in [0.1, 0.15) is 54.0 Å². The largest absolute Gasteiger partial charge is 0.356 e. The van der Waals surface area contributed by atoms with Crippen molar-refractivity contribution in [1.29, 1.82) is 0 Å². The third-order valence-electron chi connectivity index (χ3n) is 4.83. The third kappa shape index (κ3) is 8.33. The average Bonchev–Trinajstić information content (AvgIpc) is 3.04. The fourth-order valence-electron chi connectivity index (χ4n) is 2.93. The van der Waals surface area contributed by atoms with Crippen molar-refractivity contribution >= 4 is 35.8 Å². The zero-order chi connectivity index (χ0) is 21.2. The van der Waals surface area contributed by atoms with Gasteiger partial charge in [0.2, 0.25) is 0 Å². The van der Waals surface area contributed by atoms with Crippen molar-refractivity contribution in [3.05, 3.63) is 52.8 Å². The van der Waals surface area contributed by atoms with Crippen molar-refractivity contribution in [3.63, 3.8) is 0 Å². The highest BCUT2D eigenvalue weighted by Gasteiger charge is 2.08. The van der Waals surface area contributed by atoms with Crippen LogP contribution < -0.4 is 16.0 Å². The van der Waals surface area contributed by atoms with E-state index in [0.717, 1.165) is 43.1 Å². The molecule has 8 heteroatoms. The minimum atomic E-state index is -0.0288. The second kappa shape index (κ2) is 13.3. The van der Waals surface area contributed by atoms with E-state index in [9.17, 15) is 4.79 Å². The lowest BCUT2D eigenvalue weighted by Crippen LogP contribution is -2.37. The van der Waals surface area contributed by atoms with Gasteiger partial charge in [0.05, 0.1) is 5.69 Å². The van der Waals surface area contributed by atoms with Crippen LogP contribution in [0.2, 0.25) is 0 Å². The van der Waals surface area contributed by atoms with Crippen LogP contribution in [0.4, 0.5) is 0 Å². The molecule has 0 fully saturated rings. The summed E-state index contributed by atoms with van der Waals surface area (Å²) in [6, 6.07) is 9.93. The van der Waals surface area contributed by atoms with Gasteiger partial charge in [0.1, 0.15) is 0 Å². The fraction of sp³-hybridized carbons (Fsp3) is 0.500. The van der Waals surface area contributed by atoms with Crippen molar-refractivity contribution in [2.24, 2.45) is 4.99 Å². The summed E-state index contributed by atoms with van der Waals surface area (Å²) in [5.41, 5.74) is 4.01. The Morgan fingerprint density at radius 1 is 1.20 bits per heavy atom. The van der Waals surface area contributed by atoms with Crippen LogP contribution in [0.5, 0.6) is 0 Å². The summed E-state index contributed by atoms with van der Waals surface area (Å²) in [5.74, 6) is 0.732. The molecular weight excluding hydrogens is 491 g/mol. The van der Waals surface area contributed by atoms with Gasteiger partial charge in [0.25, 0.3) is 5.91 Å². The minimum absolute atomic E-state index is 0. The molecular formula is C22H35IN6O. The predicted molar refractivity (Wildman–Crippen MR) is 134 cm³/mol. The minimum Gasteiger partial charge on any atom is -0.356 e. The first-order chi connectivity index (χ1) is 13.9. The van der Waals surface area contributed by atoms with Crippen molar-refractivity contribution in [2.75, 3.05) is 13.6 Å². The summed E-state index contributed by atoms with van der Waals surface area (Å²) in [7, 11) is 1.76. The van der Waals surface area contributed by atoms with E-state index in [2.05, 4.69) is 46.0 Å². The monoisotopic (exact) mass is 526 g/mol. The van der Waals surface area contributed by atoms with Crippen molar-refractivity contribution < 1.29 is 4.79 Å². The molecule has 0 radical (unpaired) electrons. The zero-order valence-corrected chi connectivity index (χ0v) is 21.0. The molecule has 0 bridgehead atoms. The van der Waals surface area contributed by atoms with E-state index < -0.39 is 0 Å². The lowest BCUT2D eigenvalue weighted by molar-refractivity contribution is 0.0939. The van der Waals surface area contributed by atoms with Crippen molar-refractivity contribution in [3.8, 4) is 0 Å². The lowest BCUT2D eigenvalue weighted by Gasteiger charge is -2.13. The highest BCUT2D eigenvalue weighted by atomic mass is 127. The number of carbonyl (C=O) groups excluding carboxylic acids is 1. The first kappa shape index (κ1) is 25.9. The van der Waals surface area contributed by atoms with E-state index in [1.165, 1.54) is 5.69 Å². The second-order valence-electron chi connectivity index (χ2n) is 7.34. The molecule has 1 unspecified atom stereocenters. The summed E-state index contributed by atoms with van der Waals surface area (Å²) < 4.78 is 2.03. The molecule has 2 aromatic rings. The van der Waals surface area contributed by atoms with E-state index in [1.807, 2.05) is 42.8 Å². The van der Waals surface area contributed by atoms with Crippen molar-refractivity contribution in [1.82, 2.24) is 25.7 Å². The van der Waals surface area contributed by atoms with Gasteiger partial charge in [0, 0.05) is 44.0 Å². The Labute approximate surface area is 197 Å². The number of aryl methyl sites for hydroxylation is 3. The number of guanidine groups is 1. The number of amides is 1. The second-order valence-corrected chi connectivity index (χ2v) is 7.34. The van der Waals surface area contributed by atoms with E-state index in [1.54, 1.807) is 7.05 Å². The van der Waals surface area contributed by atoms with Crippen LogP contribution >= 0.6 is 24.0 Å². The maximum absolute atomic E-state index is 12.1. The molecule has 1 atom stereocenters. The quantitative estimate of drug-likeness (QED) is 0.203. The van der Waals surface area contributed by atoms with Gasteiger partial charge in [0.15, 0.2) is 5.96 Å². The third-order valence-corrected chi connectivity index (χ3v) is 4.83. The number of nitrogens with zero attached hydrogens (tertiary/aromatic N) is 3. The highest BCUT2D eigenvalue weighted by Crippen LogP contribution is 2.05. The Morgan fingerprint density at radius 3 is 2.47 bits per heavy atom. The number of hydrogen-bond acceptors (Lipinski definition) is 3. The summed E-state index contributed by atoms with van der Waals surface area (Å²) in [5, 5.41) is 14.1. The van der Waals surface area contributed by atoms with Crippen LogP contribution in [-0.4, -0.2) is 41.3 Å². The maximum atomic E-state index is 12.1. The lowest BCUT2D eigenvalue weighted by atomic mass is 10.1. The molecule has 1 aromatic carbocycles. The Hall–Kier alpha value is -2.10. The van der Waals surface area contributed by atoms with E-state index in [0.29, 0.717) is 12.1 Å². The van der Waals surface area contributed by atoms with Crippen LogP contribution in [0.25, 0.3) is 0 Å². The summed E-state index contributed by atoms with van der Waals surface area (Å²) in [6.45, 7) is 10.5. The zero-order valence-electron chi connectivity index (χ0n) is 18.7. The molecule has 0 saturated heterocycles. The number of benzene rings is 1. The molecule has 2 rings (SSSR count). The standard InChI is InChI=1S/C22H34N6O.HI/c1-6-16(2)26-21(29)20-10-8-19(9-11-20)15-25-22(23-5)24-12-7-13-28-18(4)14-17(3)27-28;/h8-11,14,16H,6-7,12-13,15H2,1-5H3,(H,26,29)(H2,23,24,25);1H. The van der Waals surface area contributed by atoms with Crippen LogP contribution in [-0.2, 0) is 13.1 Å². The first-order valence-electron chi connectivity index (χ1n) is 10.3. The van der Waals surface area contributed by atoms with Gasteiger partial charge in [-0.1, -0.05) is 19.1 Å². The number of carbonyl (C=O) groups is 1. The molecule has 30 heavy (non-hydrogen) atoms. The smallest absolute Gasteiger partial charge is 0.251 e. The number of hydrogen-bond donors (Lipinski definition) is 3. The number of nitrogens with one attached hydrogen (secondary N) is 3. The summed E-state index contributed by atoms with van der Waals surface area (Å²) >= 11 is 0. The van der Waals surface area contributed by atoms with Gasteiger partial charge < -0.3 is 16.0 Å². The molecule has 3 N–H and O–H groups in total. The number of aliphatic imine (C=N–C) groups is 1. The molecule has 0 spiro atoms. The van der Waals surface area contributed by atoms with Gasteiger partial charge >= 0.3 is 0 Å². The van der Waals surface area contributed by atoms with E-state index >= 15 is 0 Å². The normalized spacial score (nSPS) is 12.1. The summed E-state index contributed by atoms with van der Waals surface area (Å²) in [6.07, 6.45) is 1.88. The predicted octanol–water partition coefficient (Wildman–Crippen LogP) is 3.40. The molecule has 1 aromatic heterocycles. The highest BCUT2D eigenvalue weighted by molar-refractivity contribution is 14.0.